The van der Waals surface area contributed by atoms with E-state index in [1.807, 2.05) is 0 Å². The Balaban J connectivity index is 2.13. The Hall–Kier alpha value is -0.0400. The lowest BCUT2D eigenvalue weighted by Crippen LogP contribution is -2.35. The van der Waals surface area contributed by atoms with E-state index in [1.165, 1.54) is 45.2 Å². The van der Waals surface area contributed by atoms with Gasteiger partial charge in [0.05, 0.1) is 0 Å². The first-order valence-electron chi connectivity index (χ1n) is 6.00. The molecule has 1 N–H and O–H groups in total. The molecule has 13 heavy (non-hydrogen) atoms. The monoisotopic (exact) mass is 181 g/mol. The number of hydrogen-bond donors (Lipinski definition) is 1. The predicted octanol–water partition coefficient (Wildman–Crippen LogP) is 2.81. The van der Waals surface area contributed by atoms with Gasteiger partial charge in [0, 0.05) is 6.54 Å². The largest absolute Gasteiger partial charge is 0.316 e. The van der Waals surface area contributed by atoms with E-state index in [0.29, 0.717) is 5.41 Å². The summed E-state index contributed by atoms with van der Waals surface area (Å²) in [6.07, 6.45) is 7.35. The first-order valence-corrected chi connectivity index (χ1v) is 6.00. The molecule has 1 nitrogen and oxygen atoms in total. The van der Waals surface area contributed by atoms with Crippen molar-refractivity contribution in [2.75, 3.05) is 13.1 Å². The molecule has 2 rings (SSSR count). The molecule has 1 heterocycles. The standard InChI is InChI=1S/C12H23N/c1-3-12(9-13-8-10(12)2)11-6-4-5-7-11/h10-11,13H,3-9H2,1-2H3. The van der Waals surface area contributed by atoms with Gasteiger partial charge in [-0.15, -0.1) is 0 Å². The van der Waals surface area contributed by atoms with Crippen LogP contribution in [-0.4, -0.2) is 13.1 Å². The Labute approximate surface area is 82.3 Å². The molecule has 1 saturated carbocycles. The van der Waals surface area contributed by atoms with E-state index < -0.39 is 0 Å². The minimum Gasteiger partial charge on any atom is -0.316 e. The van der Waals surface area contributed by atoms with Crippen molar-refractivity contribution in [3.63, 3.8) is 0 Å². The van der Waals surface area contributed by atoms with Gasteiger partial charge in [-0.05, 0) is 43.1 Å². The van der Waals surface area contributed by atoms with Crippen LogP contribution in [0.15, 0.2) is 0 Å². The Kier molecular flexibility index (Phi) is 2.64. The summed E-state index contributed by atoms with van der Waals surface area (Å²) in [5, 5.41) is 3.59. The summed E-state index contributed by atoms with van der Waals surface area (Å²) in [6.45, 7) is 7.38. The topological polar surface area (TPSA) is 12.0 Å². The summed E-state index contributed by atoms with van der Waals surface area (Å²) in [7, 11) is 0. The van der Waals surface area contributed by atoms with Crippen LogP contribution < -0.4 is 5.32 Å². The Bertz CT molecular complexity index is 172. The first kappa shape index (κ1) is 9.51. The van der Waals surface area contributed by atoms with Crippen LogP contribution in [0.2, 0.25) is 0 Å². The van der Waals surface area contributed by atoms with Crippen molar-refractivity contribution < 1.29 is 0 Å². The molecule has 0 radical (unpaired) electrons. The second-order valence-corrected chi connectivity index (χ2v) is 5.10. The second kappa shape index (κ2) is 3.61. The third-order valence-electron chi connectivity index (χ3n) is 4.71. The van der Waals surface area contributed by atoms with Crippen LogP contribution in [0.25, 0.3) is 0 Å². The number of rotatable bonds is 2. The lowest BCUT2D eigenvalue weighted by atomic mass is 9.66. The minimum absolute atomic E-state index is 0.663. The van der Waals surface area contributed by atoms with Crippen LogP contribution in [0, 0.1) is 17.3 Å². The SMILES string of the molecule is CCC1(C2CCCC2)CNCC1C. The molecule has 0 aromatic heterocycles. The summed E-state index contributed by atoms with van der Waals surface area (Å²) in [5.41, 5.74) is 0.663. The molecule has 2 unspecified atom stereocenters. The van der Waals surface area contributed by atoms with Crippen molar-refractivity contribution in [2.24, 2.45) is 17.3 Å². The molecule has 2 atom stereocenters. The summed E-state index contributed by atoms with van der Waals surface area (Å²) in [6, 6.07) is 0. The van der Waals surface area contributed by atoms with Gasteiger partial charge in [0.2, 0.25) is 0 Å². The summed E-state index contributed by atoms with van der Waals surface area (Å²) >= 11 is 0. The van der Waals surface area contributed by atoms with Gasteiger partial charge in [0.1, 0.15) is 0 Å². The zero-order valence-electron chi connectivity index (χ0n) is 9.10. The Morgan fingerprint density at radius 1 is 1.31 bits per heavy atom. The number of hydrogen-bond acceptors (Lipinski definition) is 1. The van der Waals surface area contributed by atoms with Crippen LogP contribution in [0.5, 0.6) is 0 Å². The molecule has 0 aromatic carbocycles. The van der Waals surface area contributed by atoms with Gasteiger partial charge in [-0.25, -0.2) is 0 Å². The van der Waals surface area contributed by atoms with Gasteiger partial charge in [-0.1, -0.05) is 26.7 Å². The van der Waals surface area contributed by atoms with Gasteiger partial charge >= 0.3 is 0 Å². The van der Waals surface area contributed by atoms with Gasteiger partial charge in [-0.2, -0.15) is 0 Å². The number of nitrogens with one attached hydrogen (secondary N) is 1. The second-order valence-electron chi connectivity index (χ2n) is 5.10. The van der Waals surface area contributed by atoms with E-state index in [9.17, 15) is 0 Å². The van der Waals surface area contributed by atoms with Crippen LogP contribution in [-0.2, 0) is 0 Å². The van der Waals surface area contributed by atoms with Crippen molar-refractivity contribution in [1.29, 1.82) is 0 Å². The molecule has 1 saturated heterocycles. The fraction of sp³-hybridized carbons (Fsp3) is 1.00. The van der Waals surface area contributed by atoms with Gasteiger partial charge in [0.15, 0.2) is 0 Å². The highest BCUT2D eigenvalue weighted by atomic mass is 14.9. The zero-order valence-corrected chi connectivity index (χ0v) is 9.10. The average Bonchev–Trinajstić information content (AvgIpc) is 2.73. The maximum absolute atomic E-state index is 3.59. The molecular weight excluding hydrogens is 158 g/mol. The zero-order chi connectivity index (χ0) is 9.31. The van der Waals surface area contributed by atoms with E-state index in [-0.39, 0.29) is 0 Å². The summed E-state index contributed by atoms with van der Waals surface area (Å²) in [5.74, 6) is 1.93. The highest BCUT2D eigenvalue weighted by Gasteiger charge is 2.45. The molecule has 0 spiro atoms. The molecule has 0 amide bonds. The van der Waals surface area contributed by atoms with Crippen molar-refractivity contribution in [3.05, 3.63) is 0 Å². The molecule has 2 aliphatic rings. The van der Waals surface area contributed by atoms with Crippen LogP contribution in [0.3, 0.4) is 0 Å². The maximum Gasteiger partial charge on any atom is 0.00135 e. The highest BCUT2D eigenvalue weighted by Crippen LogP contribution is 2.48. The molecule has 2 fully saturated rings. The fourth-order valence-corrected chi connectivity index (χ4v) is 3.71. The van der Waals surface area contributed by atoms with E-state index in [4.69, 9.17) is 0 Å². The third-order valence-corrected chi connectivity index (χ3v) is 4.71. The van der Waals surface area contributed by atoms with Gasteiger partial charge in [-0.3, -0.25) is 0 Å². The lowest BCUT2D eigenvalue weighted by molar-refractivity contribution is 0.125. The predicted molar refractivity (Wildman–Crippen MR) is 56.7 cm³/mol. The van der Waals surface area contributed by atoms with Crippen molar-refractivity contribution in [2.45, 2.75) is 46.0 Å². The lowest BCUT2D eigenvalue weighted by Gasteiger charge is -2.38. The van der Waals surface area contributed by atoms with E-state index in [1.54, 1.807) is 0 Å². The van der Waals surface area contributed by atoms with E-state index >= 15 is 0 Å². The van der Waals surface area contributed by atoms with Gasteiger partial charge < -0.3 is 5.32 Å². The molecule has 1 heteroatoms. The average molecular weight is 181 g/mol. The van der Waals surface area contributed by atoms with Crippen LogP contribution >= 0.6 is 0 Å². The van der Waals surface area contributed by atoms with Crippen LogP contribution in [0.1, 0.15) is 46.0 Å². The smallest absolute Gasteiger partial charge is 0.00135 e. The Morgan fingerprint density at radius 2 is 2.00 bits per heavy atom. The fourth-order valence-electron chi connectivity index (χ4n) is 3.71. The normalized spacial score (nSPS) is 41.5. The third kappa shape index (κ3) is 1.41. The van der Waals surface area contributed by atoms with Gasteiger partial charge in [0.25, 0.3) is 0 Å². The van der Waals surface area contributed by atoms with Crippen molar-refractivity contribution >= 4 is 0 Å². The maximum atomic E-state index is 3.59. The first-order chi connectivity index (χ1) is 6.29. The molecule has 1 aliphatic carbocycles. The minimum atomic E-state index is 0.663. The highest BCUT2D eigenvalue weighted by molar-refractivity contribution is 4.98. The molecule has 0 aromatic rings. The van der Waals surface area contributed by atoms with E-state index in [2.05, 4.69) is 19.2 Å². The molecular formula is C12H23N. The quantitative estimate of drug-likeness (QED) is 0.690. The summed E-state index contributed by atoms with van der Waals surface area (Å²) in [4.78, 5) is 0. The molecule has 76 valence electrons. The van der Waals surface area contributed by atoms with Crippen LogP contribution in [0.4, 0.5) is 0 Å². The summed E-state index contributed by atoms with van der Waals surface area (Å²) < 4.78 is 0. The molecule has 1 aliphatic heterocycles. The van der Waals surface area contributed by atoms with Crippen molar-refractivity contribution in [3.8, 4) is 0 Å². The Morgan fingerprint density at radius 3 is 2.46 bits per heavy atom. The molecule has 0 bridgehead atoms. The van der Waals surface area contributed by atoms with E-state index in [0.717, 1.165) is 11.8 Å². The van der Waals surface area contributed by atoms with Crippen molar-refractivity contribution in [1.82, 2.24) is 5.32 Å².